The van der Waals surface area contributed by atoms with E-state index in [4.69, 9.17) is 0 Å². The summed E-state index contributed by atoms with van der Waals surface area (Å²) in [5.41, 5.74) is 0.922. The first-order valence-corrected chi connectivity index (χ1v) is 8.24. The van der Waals surface area contributed by atoms with Crippen LogP contribution in [-0.2, 0) is 6.54 Å². The lowest BCUT2D eigenvalue weighted by Gasteiger charge is -2.24. The highest BCUT2D eigenvalue weighted by Gasteiger charge is 2.35. The van der Waals surface area contributed by atoms with Gasteiger partial charge in [-0.3, -0.25) is 4.79 Å². The van der Waals surface area contributed by atoms with Crippen LogP contribution < -0.4 is 15.8 Å². The minimum absolute atomic E-state index is 0.0211. The molecule has 3 heterocycles. The third-order valence-corrected chi connectivity index (χ3v) is 5.09. The lowest BCUT2D eigenvalue weighted by molar-refractivity contribution is 0.340. The molecule has 0 unspecified atom stereocenters. The van der Waals surface area contributed by atoms with Crippen LogP contribution in [0, 0.1) is 5.92 Å². The number of nitrogens with zero attached hydrogens (tertiary/aromatic N) is 3. The summed E-state index contributed by atoms with van der Waals surface area (Å²) in [6, 6.07) is 0.564. The summed E-state index contributed by atoms with van der Waals surface area (Å²) in [5.74, 6) is 0.703. The van der Waals surface area contributed by atoms with Crippen LogP contribution in [0.4, 0.5) is 5.69 Å². The molecule has 0 spiro atoms. The lowest BCUT2D eigenvalue weighted by Crippen LogP contribution is -2.40. The molecule has 0 aromatic carbocycles. The number of aromatic nitrogens is 2. The largest absolute Gasteiger partial charge is 0.367 e. The molecular weight excluding hydrogens is 320 g/mol. The van der Waals surface area contributed by atoms with Gasteiger partial charge in [0.2, 0.25) is 0 Å². The molecule has 0 radical (unpaired) electrons. The molecule has 2 fully saturated rings. The highest BCUT2D eigenvalue weighted by molar-refractivity contribution is 9.10. The molecule has 3 rings (SSSR count). The molecule has 110 valence electrons. The van der Waals surface area contributed by atoms with Gasteiger partial charge in [0.1, 0.15) is 4.47 Å². The molecule has 5 nitrogen and oxygen atoms in total. The van der Waals surface area contributed by atoms with E-state index in [0.717, 1.165) is 31.7 Å². The standard InChI is InChI=1S/C14H21BrN4O/c1-2-6-19-14(20)13(15)12(7-17-19)18-8-10-4-3-5-16-11(10)9-18/h7,10-11,16H,2-6,8-9H2,1H3/t10-,11+/m0/s1. The SMILES string of the molecule is CCCn1ncc(N2C[C@@H]3CCCN[C@@H]3C2)c(Br)c1=O. The normalized spacial score (nSPS) is 25.8. The summed E-state index contributed by atoms with van der Waals surface area (Å²) >= 11 is 3.47. The summed E-state index contributed by atoms with van der Waals surface area (Å²) in [6.45, 7) is 5.83. The minimum atomic E-state index is -0.0211. The Morgan fingerprint density at radius 2 is 2.35 bits per heavy atom. The van der Waals surface area contributed by atoms with Crippen molar-refractivity contribution in [2.45, 2.75) is 38.8 Å². The third kappa shape index (κ3) is 2.51. The van der Waals surface area contributed by atoms with Gasteiger partial charge in [0.15, 0.2) is 0 Å². The molecule has 20 heavy (non-hydrogen) atoms. The molecule has 1 N–H and O–H groups in total. The van der Waals surface area contributed by atoms with Gasteiger partial charge in [0, 0.05) is 25.7 Å². The van der Waals surface area contributed by atoms with Crippen molar-refractivity contribution in [2.24, 2.45) is 5.92 Å². The Balaban J connectivity index is 1.84. The summed E-state index contributed by atoms with van der Waals surface area (Å²) in [4.78, 5) is 14.6. The van der Waals surface area contributed by atoms with Gasteiger partial charge in [0.25, 0.3) is 5.56 Å². The topological polar surface area (TPSA) is 50.2 Å². The maximum absolute atomic E-state index is 12.3. The molecule has 0 saturated carbocycles. The van der Waals surface area contributed by atoms with Gasteiger partial charge in [0.05, 0.1) is 11.9 Å². The Morgan fingerprint density at radius 1 is 1.50 bits per heavy atom. The Morgan fingerprint density at radius 3 is 3.10 bits per heavy atom. The van der Waals surface area contributed by atoms with Gasteiger partial charge < -0.3 is 10.2 Å². The Hall–Kier alpha value is -0.880. The van der Waals surface area contributed by atoms with Crippen molar-refractivity contribution in [3.8, 4) is 0 Å². The van der Waals surface area contributed by atoms with E-state index in [1.807, 2.05) is 13.1 Å². The lowest BCUT2D eigenvalue weighted by atomic mass is 9.94. The monoisotopic (exact) mass is 340 g/mol. The van der Waals surface area contributed by atoms with E-state index in [0.29, 0.717) is 23.0 Å². The van der Waals surface area contributed by atoms with Gasteiger partial charge >= 0.3 is 0 Å². The first kappa shape index (κ1) is 14.1. The second-order valence-corrected chi connectivity index (χ2v) is 6.53. The summed E-state index contributed by atoms with van der Waals surface area (Å²) in [6.07, 6.45) is 5.29. The number of hydrogen-bond donors (Lipinski definition) is 1. The summed E-state index contributed by atoms with van der Waals surface area (Å²) in [7, 11) is 0. The van der Waals surface area contributed by atoms with Crippen LogP contribution in [0.3, 0.4) is 0 Å². The van der Waals surface area contributed by atoms with Crippen LogP contribution in [0.25, 0.3) is 0 Å². The maximum Gasteiger partial charge on any atom is 0.283 e. The van der Waals surface area contributed by atoms with Gasteiger partial charge in [-0.05, 0) is 47.7 Å². The number of rotatable bonds is 3. The van der Waals surface area contributed by atoms with Crippen LogP contribution in [0.2, 0.25) is 0 Å². The number of fused-ring (bicyclic) bond motifs is 1. The molecular formula is C14H21BrN4O. The van der Waals surface area contributed by atoms with Gasteiger partial charge in [-0.1, -0.05) is 6.92 Å². The molecule has 2 atom stereocenters. The van der Waals surface area contributed by atoms with Crippen molar-refractivity contribution in [1.82, 2.24) is 15.1 Å². The van der Waals surface area contributed by atoms with Gasteiger partial charge in [-0.2, -0.15) is 5.10 Å². The highest BCUT2D eigenvalue weighted by atomic mass is 79.9. The third-order valence-electron chi connectivity index (χ3n) is 4.34. The maximum atomic E-state index is 12.3. The zero-order valence-electron chi connectivity index (χ0n) is 11.8. The number of piperidine rings is 1. The van der Waals surface area contributed by atoms with Crippen molar-refractivity contribution in [3.63, 3.8) is 0 Å². The number of anilines is 1. The molecule has 2 saturated heterocycles. The first-order chi connectivity index (χ1) is 9.70. The van der Waals surface area contributed by atoms with Crippen LogP contribution in [0.1, 0.15) is 26.2 Å². The molecule has 2 aliphatic rings. The highest BCUT2D eigenvalue weighted by Crippen LogP contribution is 2.31. The Labute approximate surface area is 127 Å². The minimum Gasteiger partial charge on any atom is -0.367 e. The predicted octanol–water partition coefficient (Wildman–Crippen LogP) is 1.60. The van der Waals surface area contributed by atoms with Crippen LogP contribution >= 0.6 is 15.9 Å². The second-order valence-electron chi connectivity index (χ2n) is 5.74. The van der Waals surface area contributed by atoms with Crippen molar-refractivity contribution in [3.05, 3.63) is 21.0 Å². The summed E-state index contributed by atoms with van der Waals surface area (Å²) in [5, 5.41) is 7.89. The number of nitrogens with one attached hydrogen (secondary N) is 1. The molecule has 1 aromatic rings. The van der Waals surface area contributed by atoms with Crippen molar-refractivity contribution >= 4 is 21.6 Å². The van der Waals surface area contributed by atoms with E-state index < -0.39 is 0 Å². The quantitative estimate of drug-likeness (QED) is 0.908. The van der Waals surface area contributed by atoms with E-state index in [-0.39, 0.29) is 5.56 Å². The fourth-order valence-corrected chi connectivity index (χ4v) is 3.85. The fourth-order valence-electron chi connectivity index (χ4n) is 3.29. The molecule has 1 aromatic heterocycles. The smallest absolute Gasteiger partial charge is 0.283 e. The van der Waals surface area contributed by atoms with E-state index in [1.54, 1.807) is 0 Å². The van der Waals surface area contributed by atoms with E-state index in [9.17, 15) is 4.79 Å². The fraction of sp³-hybridized carbons (Fsp3) is 0.714. The molecule has 6 heteroatoms. The average molecular weight is 341 g/mol. The molecule has 0 aliphatic carbocycles. The Bertz CT molecular complexity index is 530. The Kier molecular flexibility index (Phi) is 4.12. The molecule has 2 aliphatic heterocycles. The number of halogens is 1. The van der Waals surface area contributed by atoms with Crippen LogP contribution in [-0.4, -0.2) is 35.5 Å². The summed E-state index contributed by atoms with van der Waals surface area (Å²) < 4.78 is 2.19. The van der Waals surface area contributed by atoms with Crippen LogP contribution in [0.15, 0.2) is 15.5 Å². The molecule has 0 bridgehead atoms. The zero-order valence-corrected chi connectivity index (χ0v) is 13.4. The van der Waals surface area contributed by atoms with Crippen molar-refractivity contribution in [1.29, 1.82) is 0 Å². The number of hydrogen-bond acceptors (Lipinski definition) is 4. The molecule has 0 amide bonds. The second kappa shape index (κ2) is 5.85. The van der Waals surface area contributed by atoms with E-state index >= 15 is 0 Å². The van der Waals surface area contributed by atoms with Gasteiger partial charge in [-0.25, -0.2) is 4.68 Å². The predicted molar refractivity (Wildman–Crippen MR) is 83.2 cm³/mol. The van der Waals surface area contributed by atoms with E-state index in [1.165, 1.54) is 17.5 Å². The van der Waals surface area contributed by atoms with Crippen molar-refractivity contribution in [2.75, 3.05) is 24.5 Å². The average Bonchev–Trinajstić information content (AvgIpc) is 2.88. The van der Waals surface area contributed by atoms with Gasteiger partial charge in [-0.15, -0.1) is 0 Å². The first-order valence-electron chi connectivity index (χ1n) is 7.44. The zero-order chi connectivity index (χ0) is 14.1. The van der Waals surface area contributed by atoms with E-state index in [2.05, 4.69) is 31.2 Å². The van der Waals surface area contributed by atoms with Crippen LogP contribution in [0.5, 0.6) is 0 Å². The number of aryl methyl sites for hydroxylation is 1. The van der Waals surface area contributed by atoms with Crippen molar-refractivity contribution < 1.29 is 0 Å².